The van der Waals surface area contributed by atoms with Crippen LogP contribution in [0.2, 0.25) is 0 Å². The summed E-state index contributed by atoms with van der Waals surface area (Å²) < 4.78 is 26.8. The van der Waals surface area contributed by atoms with Crippen molar-refractivity contribution < 1.29 is 42.9 Å². The molecule has 0 aliphatic carbocycles. The van der Waals surface area contributed by atoms with E-state index >= 15 is 0 Å². The molecule has 0 saturated carbocycles. The number of nitriles is 1. The Hall–Kier alpha value is -4.69. The molecule has 0 aliphatic rings. The van der Waals surface area contributed by atoms with Gasteiger partial charge >= 0.3 is 23.9 Å². The highest BCUT2D eigenvalue weighted by Gasteiger charge is 2.37. The second-order valence-electron chi connectivity index (χ2n) is 9.67. The van der Waals surface area contributed by atoms with Crippen LogP contribution in [0, 0.1) is 11.3 Å². The van der Waals surface area contributed by atoms with E-state index in [0.717, 1.165) is 18.8 Å². The zero-order valence-corrected chi connectivity index (χ0v) is 25.5. The standard InChI is InChI=1S/C32H40N2O9/c1-9-34(10-2)27-13-11-25(12-14-27)17-26(18-33)31(38)39-15-16-43-32(19-40-28(35)22(3)4,20-41-29(36)23(5)6)21-42-30(37)24(7)8/h11-14,17H,3,5,7,9-10,15-16,19-21H2,1-2,4,6,8H3. The number of hydrogen-bond donors (Lipinski definition) is 0. The second kappa shape index (κ2) is 18.0. The van der Waals surface area contributed by atoms with Gasteiger partial charge in [0.25, 0.3) is 0 Å². The van der Waals surface area contributed by atoms with E-state index in [1.54, 1.807) is 12.1 Å². The van der Waals surface area contributed by atoms with Gasteiger partial charge in [-0.15, -0.1) is 0 Å². The summed E-state index contributed by atoms with van der Waals surface area (Å²) in [7, 11) is 0. The summed E-state index contributed by atoms with van der Waals surface area (Å²) in [6.07, 6.45) is 1.41. The first-order chi connectivity index (χ1) is 20.3. The molecule has 0 atom stereocenters. The molecule has 0 aromatic heterocycles. The number of benzene rings is 1. The quantitative estimate of drug-likeness (QED) is 0.0795. The molecule has 0 unspecified atom stereocenters. The molecule has 1 aromatic rings. The van der Waals surface area contributed by atoms with Crippen molar-refractivity contribution in [2.45, 2.75) is 40.2 Å². The Balaban J connectivity index is 3.05. The van der Waals surface area contributed by atoms with Crippen molar-refractivity contribution in [1.82, 2.24) is 0 Å². The van der Waals surface area contributed by atoms with E-state index in [4.69, 9.17) is 23.7 Å². The van der Waals surface area contributed by atoms with Crippen molar-refractivity contribution in [2.24, 2.45) is 0 Å². The predicted molar refractivity (Wildman–Crippen MR) is 161 cm³/mol. The van der Waals surface area contributed by atoms with Crippen molar-refractivity contribution in [2.75, 3.05) is 51.0 Å². The number of ether oxygens (including phenoxy) is 5. The number of anilines is 1. The summed E-state index contributed by atoms with van der Waals surface area (Å²) in [5, 5.41) is 9.54. The fraction of sp³-hybridized carbons (Fsp3) is 0.406. The van der Waals surface area contributed by atoms with E-state index in [-0.39, 0.29) is 35.5 Å². The largest absolute Gasteiger partial charge is 0.459 e. The average Bonchev–Trinajstić information content (AvgIpc) is 2.98. The van der Waals surface area contributed by atoms with Crippen LogP contribution in [0.25, 0.3) is 6.08 Å². The van der Waals surface area contributed by atoms with Crippen LogP contribution in [-0.4, -0.2) is 75.6 Å². The number of hydrogen-bond acceptors (Lipinski definition) is 11. The third-order valence-corrected chi connectivity index (χ3v) is 5.84. The summed E-state index contributed by atoms with van der Waals surface area (Å²) in [6, 6.07) is 9.21. The molecule has 1 aromatic carbocycles. The molecule has 0 radical (unpaired) electrons. The molecule has 0 fully saturated rings. The average molecular weight is 597 g/mol. The van der Waals surface area contributed by atoms with E-state index in [9.17, 15) is 24.4 Å². The third kappa shape index (κ3) is 12.4. The molecule has 1 rings (SSSR count). The molecule has 0 amide bonds. The minimum absolute atomic E-state index is 0.0965. The summed E-state index contributed by atoms with van der Waals surface area (Å²) in [6.45, 7) is 18.5. The molecule has 0 aliphatic heterocycles. The van der Waals surface area contributed by atoms with Crippen LogP contribution in [0.4, 0.5) is 5.69 Å². The first kappa shape index (κ1) is 36.3. The minimum Gasteiger partial charge on any atom is -0.459 e. The molecule has 43 heavy (non-hydrogen) atoms. The maximum absolute atomic E-state index is 12.6. The van der Waals surface area contributed by atoms with Gasteiger partial charge in [-0.25, -0.2) is 19.2 Å². The molecule has 0 N–H and O–H groups in total. The Bertz CT molecular complexity index is 1190. The first-order valence-corrected chi connectivity index (χ1v) is 13.5. The second-order valence-corrected chi connectivity index (χ2v) is 9.67. The van der Waals surface area contributed by atoms with Crippen LogP contribution in [0.15, 0.2) is 66.3 Å². The van der Waals surface area contributed by atoms with Crippen LogP contribution in [0.1, 0.15) is 40.2 Å². The SMILES string of the molecule is C=C(C)C(=O)OCC(COC(=O)C(=C)C)(COC(=O)C(=C)C)OCCOC(=O)C(C#N)=Cc1ccc(N(CC)CC)cc1. The van der Waals surface area contributed by atoms with E-state index in [0.29, 0.717) is 5.56 Å². The van der Waals surface area contributed by atoms with Gasteiger partial charge in [0.1, 0.15) is 38.1 Å². The van der Waals surface area contributed by atoms with E-state index in [1.165, 1.54) is 26.8 Å². The Morgan fingerprint density at radius 3 is 1.58 bits per heavy atom. The zero-order chi connectivity index (χ0) is 32.6. The van der Waals surface area contributed by atoms with Crippen molar-refractivity contribution in [1.29, 1.82) is 5.26 Å². The summed E-state index contributed by atoms with van der Waals surface area (Å²) in [5.41, 5.74) is 0.0211. The minimum atomic E-state index is -1.69. The molecule has 11 heteroatoms. The molecule has 0 bridgehead atoms. The maximum Gasteiger partial charge on any atom is 0.348 e. The monoisotopic (exact) mass is 596 g/mol. The lowest BCUT2D eigenvalue weighted by molar-refractivity contribution is -0.186. The van der Waals surface area contributed by atoms with E-state index in [2.05, 4.69) is 24.6 Å². The van der Waals surface area contributed by atoms with Crippen molar-refractivity contribution >= 4 is 35.6 Å². The highest BCUT2D eigenvalue weighted by atomic mass is 16.6. The first-order valence-electron chi connectivity index (χ1n) is 13.5. The normalized spacial score (nSPS) is 11.0. The molecule has 0 saturated heterocycles. The van der Waals surface area contributed by atoms with Crippen molar-refractivity contribution in [3.63, 3.8) is 0 Å². The Morgan fingerprint density at radius 2 is 1.21 bits per heavy atom. The van der Waals surface area contributed by atoms with Gasteiger partial charge in [0.2, 0.25) is 0 Å². The Kier molecular flexibility index (Phi) is 15.2. The summed E-state index contributed by atoms with van der Waals surface area (Å²) >= 11 is 0. The molecule has 232 valence electrons. The smallest absolute Gasteiger partial charge is 0.348 e. The number of carbonyl (C=O) groups is 4. The van der Waals surface area contributed by atoms with Crippen LogP contribution in [-0.2, 0) is 42.9 Å². The third-order valence-electron chi connectivity index (χ3n) is 5.84. The van der Waals surface area contributed by atoms with Crippen LogP contribution < -0.4 is 4.90 Å². The highest BCUT2D eigenvalue weighted by Crippen LogP contribution is 2.19. The number of rotatable bonds is 18. The number of esters is 4. The summed E-state index contributed by atoms with van der Waals surface area (Å²) in [5.74, 6) is -3.16. The molecule has 11 nitrogen and oxygen atoms in total. The van der Waals surface area contributed by atoms with Crippen LogP contribution in [0.5, 0.6) is 0 Å². The van der Waals surface area contributed by atoms with E-state index in [1.807, 2.05) is 32.0 Å². The van der Waals surface area contributed by atoms with Crippen molar-refractivity contribution in [3.05, 3.63) is 71.9 Å². The van der Waals surface area contributed by atoms with Crippen molar-refractivity contribution in [3.8, 4) is 6.07 Å². The van der Waals surface area contributed by atoms with Gasteiger partial charge in [-0.2, -0.15) is 5.26 Å². The maximum atomic E-state index is 12.6. The van der Waals surface area contributed by atoms with Gasteiger partial charge in [-0.3, -0.25) is 0 Å². The number of carbonyl (C=O) groups excluding carboxylic acids is 4. The van der Waals surface area contributed by atoms with Gasteiger partial charge in [0, 0.05) is 35.5 Å². The fourth-order valence-electron chi connectivity index (χ4n) is 3.35. The van der Waals surface area contributed by atoms with Gasteiger partial charge in [0.15, 0.2) is 5.60 Å². The Labute approximate surface area is 253 Å². The summed E-state index contributed by atoms with van der Waals surface area (Å²) in [4.78, 5) is 51.1. The van der Waals surface area contributed by atoms with Gasteiger partial charge < -0.3 is 28.6 Å². The molecule has 0 heterocycles. The molecular weight excluding hydrogens is 556 g/mol. The van der Waals surface area contributed by atoms with Gasteiger partial charge in [-0.1, -0.05) is 31.9 Å². The topological polar surface area (TPSA) is 141 Å². The lowest BCUT2D eigenvalue weighted by Gasteiger charge is -2.32. The fourth-order valence-corrected chi connectivity index (χ4v) is 3.35. The van der Waals surface area contributed by atoms with Gasteiger partial charge in [0.05, 0.1) is 6.61 Å². The Morgan fingerprint density at radius 1 is 0.767 bits per heavy atom. The lowest BCUT2D eigenvalue weighted by Crippen LogP contribution is -2.49. The van der Waals surface area contributed by atoms with Gasteiger partial charge in [-0.05, 0) is 58.4 Å². The predicted octanol–water partition coefficient (Wildman–Crippen LogP) is 4.10. The number of nitrogens with zero attached hydrogens (tertiary/aromatic N) is 2. The van der Waals surface area contributed by atoms with E-state index < -0.39 is 49.3 Å². The zero-order valence-electron chi connectivity index (χ0n) is 25.5. The van der Waals surface area contributed by atoms with Crippen LogP contribution >= 0.6 is 0 Å². The lowest BCUT2D eigenvalue weighted by atomic mass is 10.1. The molecular formula is C32H40N2O9. The highest BCUT2D eigenvalue weighted by molar-refractivity contribution is 5.98. The molecule has 0 spiro atoms. The van der Waals surface area contributed by atoms with Crippen LogP contribution in [0.3, 0.4) is 0 Å².